The third-order valence-corrected chi connectivity index (χ3v) is 4.85. The Morgan fingerprint density at radius 2 is 1.24 bits per heavy atom. The van der Waals surface area contributed by atoms with Gasteiger partial charge in [-0.3, -0.25) is 9.59 Å². The number of carbonyl (C=O) groups is 2. The average molecular weight is 491 g/mol. The van der Waals surface area contributed by atoms with Gasteiger partial charge in [-0.1, -0.05) is 47.5 Å². The van der Waals surface area contributed by atoms with Gasteiger partial charge in [-0.05, 0) is 18.3 Å². The van der Waals surface area contributed by atoms with Gasteiger partial charge in [0.1, 0.15) is 6.61 Å². The third-order valence-electron chi connectivity index (χ3n) is 4.85. The molecule has 0 heterocycles. The Bertz CT molecular complexity index is 498. The van der Waals surface area contributed by atoms with E-state index in [-0.39, 0.29) is 29.8 Å². The molecule has 0 aliphatic heterocycles. The highest BCUT2D eigenvalue weighted by molar-refractivity contribution is 5.78. The Balaban J connectivity index is 3.31. The molecule has 0 aromatic heterocycles. The van der Waals surface area contributed by atoms with Crippen molar-refractivity contribution in [1.29, 1.82) is 0 Å². The molecular formula is C25H50N2O7. The van der Waals surface area contributed by atoms with Gasteiger partial charge in [-0.2, -0.15) is 0 Å². The molecule has 0 aromatic carbocycles. The maximum Gasteiger partial charge on any atom is 0.246 e. The molecule has 2 N–H and O–H groups in total. The first-order valence-electron chi connectivity index (χ1n) is 12.7. The van der Waals surface area contributed by atoms with E-state index in [2.05, 4.69) is 45.3 Å². The van der Waals surface area contributed by atoms with Crippen LogP contribution in [0, 0.1) is 11.3 Å². The van der Waals surface area contributed by atoms with Crippen LogP contribution in [0.1, 0.15) is 60.3 Å². The zero-order valence-corrected chi connectivity index (χ0v) is 22.2. The molecule has 9 nitrogen and oxygen atoms in total. The summed E-state index contributed by atoms with van der Waals surface area (Å²) >= 11 is 0. The molecule has 0 aliphatic carbocycles. The highest BCUT2D eigenvalue weighted by Crippen LogP contribution is 2.12. The van der Waals surface area contributed by atoms with Crippen LogP contribution in [0.15, 0.2) is 0 Å². The van der Waals surface area contributed by atoms with Gasteiger partial charge in [0.15, 0.2) is 0 Å². The Labute approximate surface area is 206 Å². The quantitative estimate of drug-likeness (QED) is 0.212. The molecule has 0 radical (unpaired) electrons. The van der Waals surface area contributed by atoms with E-state index in [1.165, 1.54) is 0 Å². The highest BCUT2D eigenvalue weighted by Gasteiger charge is 2.14. The molecule has 9 heteroatoms. The maximum atomic E-state index is 12.1. The summed E-state index contributed by atoms with van der Waals surface area (Å²) in [5.41, 5.74) is 0.0591. The fourth-order valence-electron chi connectivity index (χ4n) is 2.82. The summed E-state index contributed by atoms with van der Waals surface area (Å²) < 4.78 is 27.0. The summed E-state index contributed by atoms with van der Waals surface area (Å²) in [7, 11) is 0. The van der Waals surface area contributed by atoms with E-state index in [4.69, 9.17) is 23.7 Å². The molecular weight excluding hydrogens is 440 g/mol. The van der Waals surface area contributed by atoms with Crippen molar-refractivity contribution in [3.8, 4) is 0 Å². The fraction of sp³-hybridized carbons (Fsp3) is 0.920. The van der Waals surface area contributed by atoms with Gasteiger partial charge < -0.3 is 34.3 Å². The number of amides is 2. The van der Waals surface area contributed by atoms with Gasteiger partial charge in [0, 0.05) is 19.0 Å². The molecule has 202 valence electrons. The zero-order valence-electron chi connectivity index (χ0n) is 22.2. The van der Waals surface area contributed by atoms with Crippen molar-refractivity contribution in [3.63, 3.8) is 0 Å². The third kappa shape index (κ3) is 22.5. The van der Waals surface area contributed by atoms with Crippen LogP contribution in [0.5, 0.6) is 0 Å². The number of nitrogens with one attached hydrogen (secondary N) is 2. The van der Waals surface area contributed by atoms with Gasteiger partial charge >= 0.3 is 0 Å². The monoisotopic (exact) mass is 490 g/mol. The van der Waals surface area contributed by atoms with E-state index in [0.717, 1.165) is 25.7 Å². The van der Waals surface area contributed by atoms with Crippen LogP contribution >= 0.6 is 0 Å². The lowest BCUT2D eigenvalue weighted by atomic mass is 9.97. The SMILES string of the molecule is CCCCC(CC)C(=O)NCCOCCOCCOCCOCCOCC(=O)NCC(C)(C)C. The van der Waals surface area contributed by atoms with Crippen molar-refractivity contribution in [3.05, 3.63) is 0 Å². The van der Waals surface area contributed by atoms with Crippen molar-refractivity contribution >= 4 is 11.8 Å². The van der Waals surface area contributed by atoms with Crippen LogP contribution in [0.3, 0.4) is 0 Å². The zero-order chi connectivity index (χ0) is 25.5. The molecule has 1 atom stereocenters. The first kappa shape index (κ1) is 32.7. The van der Waals surface area contributed by atoms with Crippen LogP contribution in [-0.2, 0) is 33.3 Å². The minimum Gasteiger partial charge on any atom is -0.377 e. The van der Waals surface area contributed by atoms with Crippen molar-refractivity contribution in [2.24, 2.45) is 11.3 Å². The van der Waals surface area contributed by atoms with Gasteiger partial charge in [-0.25, -0.2) is 0 Å². The first-order chi connectivity index (χ1) is 16.3. The van der Waals surface area contributed by atoms with Gasteiger partial charge in [0.2, 0.25) is 11.8 Å². The highest BCUT2D eigenvalue weighted by atomic mass is 16.6. The van der Waals surface area contributed by atoms with Crippen LogP contribution < -0.4 is 10.6 Å². The summed E-state index contributed by atoms with van der Waals surface area (Å²) in [5, 5.41) is 5.77. The Morgan fingerprint density at radius 1 is 0.735 bits per heavy atom. The normalized spacial score (nSPS) is 12.5. The minimum absolute atomic E-state index is 0.0456. The topological polar surface area (TPSA) is 104 Å². The predicted octanol–water partition coefficient (Wildman–Crippen LogP) is 2.56. The second-order valence-electron chi connectivity index (χ2n) is 9.38. The second kappa shape index (κ2) is 22.2. The molecule has 0 rings (SSSR count). The Hall–Kier alpha value is -1.26. The maximum absolute atomic E-state index is 12.1. The number of ether oxygens (including phenoxy) is 5. The van der Waals surface area contributed by atoms with Crippen LogP contribution in [-0.4, -0.2) is 91.0 Å². The number of unbranched alkanes of at least 4 members (excludes halogenated alkanes) is 1. The molecule has 0 saturated carbocycles. The standard InChI is InChI=1S/C25H50N2O7/c1-6-8-9-22(7-2)24(29)26-10-11-30-12-13-31-14-15-32-16-17-33-18-19-34-20-23(28)27-21-25(3,4)5/h22H,6-21H2,1-5H3,(H,26,29)(H,27,28). The van der Waals surface area contributed by atoms with Crippen molar-refractivity contribution < 1.29 is 33.3 Å². The van der Waals surface area contributed by atoms with Gasteiger partial charge in [-0.15, -0.1) is 0 Å². The molecule has 1 unspecified atom stereocenters. The van der Waals surface area contributed by atoms with Crippen molar-refractivity contribution in [2.45, 2.75) is 60.3 Å². The van der Waals surface area contributed by atoms with E-state index in [9.17, 15) is 9.59 Å². The summed E-state index contributed by atoms with van der Waals surface area (Å²) in [4.78, 5) is 23.7. The summed E-state index contributed by atoms with van der Waals surface area (Å²) in [6.07, 6.45) is 4.03. The largest absolute Gasteiger partial charge is 0.377 e. The van der Waals surface area contributed by atoms with E-state index in [1.54, 1.807) is 0 Å². The molecule has 2 amide bonds. The minimum atomic E-state index is -0.113. The molecule has 0 saturated heterocycles. The Kier molecular flexibility index (Phi) is 21.4. The van der Waals surface area contributed by atoms with Gasteiger partial charge in [0.05, 0.1) is 59.5 Å². The molecule has 0 spiro atoms. The number of rotatable bonds is 23. The lowest BCUT2D eigenvalue weighted by Gasteiger charge is -2.18. The van der Waals surface area contributed by atoms with Crippen LogP contribution in [0.4, 0.5) is 0 Å². The second-order valence-corrected chi connectivity index (χ2v) is 9.38. The molecule has 0 aromatic rings. The van der Waals surface area contributed by atoms with Crippen LogP contribution in [0.2, 0.25) is 0 Å². The number of hydrogen-bond acceptors (Lipinski definition) is 7. The lowest BCUT2D eigenvalue weighted by molar-refractivity contribution is -0.127. The van der Waals surface area contributed by atoms with E-state index >= 15 is 0 Å². The fourth-order valence-corrected chi connectivity index (χ4v) is 2.82. The van der Waals surface area contributed by atoms with E-state index in [1.807, 2.05) is 0 Å². The molecule has 0 bridgehead atoms. The van der Waals surface area contributed by atoms with Crippen molar-refractivity contribution in [1.82, 2.24) is 10.6 Å². The molecule has 0 aliphatic rings. The average Bonchev–Trinajstić information content (AvgIpc) is 2.79. The molecule has 0 fully saturated rings. The Morgan fingerprint density at radius 3 is 1.71 bits per heavy atom. The molecule has 34 heavy (non-hydrogen) atoms. The number of hydrogen-bond donors (Lipinski definition) is 2. The predicted molar refractivity (Wildman–Crippen MR) is 133 cm³/mol. The van der Waals surface area contributed by atoms with E-state index < -0.39 is 0 Å². The summed E-state index contributed by atoms with van der Waals surface area (Å²) in [6.45, 7) is 15.7. The van der Waals surface area contributed by atoms with Crippen LogP contribution in [0.25, 0.3) is 0 Å². The summed E-state index contributed by atoms with van der Waals surface area (Å²) in [6, 6.07) is 0. The smallest absolute Gasteiger partial charge is 0.246 e. The van der Waals surface area contributed by atoms with Gasteiger partial charge in [0.25, 0.3) is 0 Å². The van der Waals surface area contributed by atoms with Crippen molar-refractivity contribution in [2.75, 3.05) is 79.2 Å². The lowest BCUT2D eigenvalue weighted by Crippen LogP contribution is -2.34. The van der Waals surface area contributed by atoms with E-state index in [0.29, 0.717) is 72.6 Å². The number of carbonyl (C=O) groups excluding carboxylic acids is 2. The summed E-state index contributed by atoms with van der Waals surface area (Å²) in [5.74, 6) is 0.125. The first-order valence-corrected chi connectivity index (χ1v) is 12.7.